The number of rotatable bonds is 6. The molecule has 34 heavy (non-hydrogen) atoms. The van der Waals surface area contributed by atoms with Gasteiger partial charge in [0.2, 0.25) is 5.95 Å². The molecule has 174 valence electrons. The first-order valence-electron chi connectivity index (χ1n) is 11.7. The van der Waals surface area contributed by atoms with E-state index in [0.717, 1.165) is 31.1 Å². The van der Waals surface area contributed by atoms with Crippen LogP contribution < -0.4 is 11.0 Å². The largest absolute Gasteiger partial charge is 0.299 e. The lowest BCUT2D eigenvalue weighted by molar-refractivity contribution is 0.185. The molecule has 7 heteroatoms. The molecule has 0 radical (unpaired) electrons. The van der Waals surface area contributed by atoms with Gasteiger partial charge in [0.1, 0.15) is 11.6 Å². The number of likely N-dealkylation sites (tertiary alicyclic amines) is 1. The highest BCUT2D eigenvalue weighted by Crippen LogP contribution is 2.22. The van der Waals surface area contributed by atoms with Crippen LogP contribution in [-0.4, -0.2) is 34.2 Å². The van der Waals surface area contributed by atoms with Crippen LogP contribution in [0.4, 0.5) is 5.95 Å². The van der Waals surface area contributed by atoms with Crippen LogP contribution in [0.25, 0.3) is 11.3 Å². The van der Waals surface area contributed by atoms with Gasteiger partial charge in [-0.25, -0.2) is 10.4 Å². The quantitative estimate of drug-likeness (QED) is 0.419. The molecular weight excluding hydrogens is 424 g/mol. The molecule has 4 rings (SSSR count). The van der Waals surface area contributed by atoms with Crippen molar-refractivity contribution in [1.29, 1.82) is 5.26 Å². The van der Waals surface area contributed by atoms with Gasteiger partial charge in [-0.3, -0.25) is 14.7 Å². The van der Waals surface area contributed by atoms with Crippen molar-refractivity contribution in [2.45, 2.75) is 40.2 Å². The molecule has 0 amide bonds. The number of hydrazone groups is 1. The fraction of sp³-hybridized carbons (Fsp3) is 0.333. The molecule has 2 aromatic carbocycles. The van der Waals surface area contributed by atoms with Crippen molar-refractivity contribution in [2.75, 3.05) is 18.5 Å². The standard InChI is InChI=1S/C27H30N6O/c1-18-9-11-33(12-10-18)17-23-14-19(2)13-22(20(23)3)16-29-32-27-30-25(21-7-5-4-6-8-21)24(15-28)26(34)31-27/h4-8,13-14,16,18H,9-12,17H2,1-3H3,(H2,30,31,32,34). The third-order valence-electron chi connectivity index (χ3n) is 6.42. The summed E-state index contributed by atoms with van der Waals surface area (Å²) in [6, 6.07) is 15.5. The zero-order chi connectivity index (χ0) is 24.1. The Labute approximate surface area is 200 Å². The van der Waals surface area contributed by atoms with Crippen LogP contribution in [0.15, 0.2) is 52.4 Å². The van der Waals surface area contributed by atoms with E-state index in [1.807, 2.05) is 36.4 Å². The number of piperidine rings is 1. The van der Waals surface area contributed by atoms with E-state index in [4.69, 9.17) is 0 Å². The number of nitriles is 1. The van der Waals surface area contributed by atoms with E-state index in [2.05, 4.69) is 58.3 Å². The average molecular weight is 455 g/mol. The summed E-state index contributed by atoms with van der Waals surface area (Å²) in [6.45, 7) is 9.77. The molecule has 0 unspecified atom stereocenters. The van der Waals surface area contributed by atoms with Crippen molar-refractivity contribution in [2.24, 2.45) is 11.0 Å². The molecule has 3 aromatic rings. The second-order valence-electron chi connectivity index (χ2n) is 9.08. The summed E-state index contributed by atoms with van der Waals surface area (Å²) in [6.07, 6.45) is 4.26. The Morgan fingerprint density at radius 1 is 1.24 bits per heavy atom. The normalized spacial score (nSPS) is 14.9. The Kier molecular flexibility index (Phi) is 7.19. The monoisotopic (exact) mass is 454 g/mol. The Morgan fingerprint density at radius 3 is 2.68 bits per heavy atom. The number of aromatic amines is 1. The highest BCUT2D eigenvalue weighted by Gasteiger charge is 2.17. The molecular formula is C27H30N6O. The lowest BCUT2D eigenvalue weighted by atomic mass is 9.96. The predicted molar refractivity (Wildman–Crippen MR) is 136 cm³/mol. The minimum absolute atomic E-state index is 0.0213. The van der Waals surface area contributed by atoms with E-state index in [1.165, 1.54) is 29.5 Å². The van der Waals surface area contributed by atoms with Gasteiger partial charge in [0, 0.05) is 12.1 Å². The van der Waals surface area contributed by atoms with Gasteiger partial charge >= 0.3 is 0 Å². The maximum Gasteiger partial charge on any atom is 0.270 e. The molecule has 0 bridgehead atoms. The molecule has 1 fully saturated rings. The third-order valence-corrected chi connectivity index (χ3v) is 6.42. The number of aromatic nitrogens is 2. The Bertz CT molecular complexity index is 1280. The highest BCUT2D eigenvalue weighted by molar-refractivity contribution is 5.83. The molecule has 0 atom stereocenters. The van der Waals surface area contributed by atoms with Crippen molar-refractivity contribution < 1.29 is 0 Å². The van der Waals surface area contributed by atoms with E-state index < -0.39 is 5.56 Å². The smallest absolute Gasteiger partial charge is 0.270 e. The number of aryl methyl sites for hydroxylation is 1. The van der Waals surface area contributed by atoms with Crippen molar-refractivity contribution in [3.05, 3.63) is 80.6 Å². The Morgan fingerprint density at radius 2 is 1.97 bits per heavy atom. The summed E-state index contributed by atoms with van der Waals surface area (Å²) in [5.74, 6) is 1.00. The van der Waals surface area contributed by atoms with Gasteiger partial charge in [-0.2, -0.15) is 10.4 Å². The summed E-state index contributed by atoms with van der Waals surface area (Å²) < 4.78 is 0. The summed E-state index contributed by atoms with van der Waals surface area (Å²) in [4.78, 5) is 22.0. The number of nitrogens with one attached hydrogen (secondary N) is 2. The number of hydrogen-bond acceptors (Lipinski definition) is 6. The topological polar surface area (TPSA) is 97.2 Å². The van der Waals surface area contributed by atoms with Gasteiger partial charge in [0.05, 0.1) is 11.9 Å². The van der Waals surface area contributed by atoms with Crippen molar-refractivity contribution in [3.8, 4) is 17.3 Å². The number of hydrogen-bond donors (Lipinski definition) is 2. The van der Waals surface area contributed by atoms with Gasteiger partial charge in [-0.15, -0.1) is 0 Å². The van der Waals surface area contributed by atoms with E-state index >= 15 is 0 Å². The summed E-state index contributed by atoms with van der Waals surface area (Å²) in [5, 5.41) is 13.8. The van der Waals surface area contributed by atoms with Gasteiger partial charge < -0.3 is 0 Å². The predicted octanol–water partition coefficient (Wildman–Crippen LogP) is 4.60. The van der Waals surface area contributed by atoms with E-state index in [9.17, 15) is 10.1 Å². The first-order chi connectivity index (χ1) is 16.4. The molecule has 0 spiro atoms. The maximum absolute atomic E-state index is 12.4. The molecule has 7 nitrogen and oxygen atoms in total. The number of anilines is 1. The Balaban J connectivity index is 1.55. The van der Waals surface area contributed by atoms with Crippen LogP contribution in [0.2, 0.25) is 0 Å². The van der Waals surface area contributed by atoms with E-state index in [0.29, 0.717) is 11.3 Å². The van der Waals surface area contributed by atoms with Crippen LogP contribution in [0.5, 0.6) is 0 Å². The number of nitrogens with zero attached hydrogens (tertiary/aromatic N) is 4. The van der Waals surface area contributed by atoms with Gasteiger partial charge in [0.25, 0.3) is 5.56 Å². The number of benzene rings is 2. The van der Waals surface area contributed by atoms with Crippen LogP contribution in [0.3, 0.4) is 0 Å². The molecule has 2 N–H and O–H groups in total. The van der Waals surface area contributed by atoms with Crippen LogP contribution in [0, 0.1) is 31.1 Å². The minimum atomic E-state index is -0.501. The second kappa shape index (κ2) is 10.4. The summed E-state index contributed by atoms with van der Waals surface area (Å²) in [5.41, 5.74) is 8.05. The lowest BCUT2D eigenvalue weighted by Gasteiger charge is -2.30. The van der Waals surface area contributed by atoms with Gasteiger partial charge in [0.15, 0.2) is 0 Å². The SMILES string of the molecule is Cc1cc(C=NNc2nc(-c3ccccc3)c(C#N)c(=O)[nH]2)c(C)c(CN2CCC(C)CC2)c1. The van der Waals surface area contributed by atoms with Crippen LogP contribution in [0.1, 0.15) is 47.6 Å². The fourth-order valence-electron chi connectivity index (χ4n) is 4.32. The average Bonchev–Trinajstić information content (AvgIpc) is 2.83. The van der Waals surface area contributed by atoms with E-state index in [1.54, 1.807) is 6.21 Å². The summed E-state index contributed by atoms with van der Waals surface area (Å²) in [7, 11) is 0. The third kappa shape index (κ3) is 5.41. The number of H-pyrrole nitrogens is 1. The second-order valence-corrected chi connectivity index (χ2v) is 9.08. The zero-order valence-corrected chi connectivity index (χ0v) is 19.9. The molecule has 1 saturated heterocycles. The van der Waals surface area contributed by atoms with Crippen LogP contribution >= 0.6 is 0 Å². The molecule has 0 aliphatic carbocycles. The van der Waals surface area contributed by atoms with Crippen molar-refractivity contribution in [3.63, 3.8) is 0 Å². The highest BCUT2D eigenvalue weighted by atomic mass is 16.1. The van der Waals surface area contributed by atoms with Gasteiger partial charge in [-0.05, 0) is 62.4 Å². The lowest BCUT2D eigenvalue weighted by Crippen LogP contribution is -2.32. The molecule has 0 saturated carbocycles. The minimum Gasteiger partial charge on any atom is -0.299 e. The summed E-state index contributed by atoms with van der Waals surface area (Å²) >= 11 is 0. The molecule has 1 aliphatic heterocycles. The fourth-order valence-corrected chi connectivity index (χ4v) is 4.32. The van der Waals surface area contributed by atoms with Crippen molar-refractivity contribution in [1.82, 2.24) is 14.9 Å². The van der Waals surface area contributed by atoms with Crippen LogP contribution in [-0.2, 0) is 6.54 Å². The molecule has 2 heterocycles. The van der Waals surface area contributed by atoms with E-state index in [-0.39, 0.29) is 11.5 Å². The first kappa shape index (κ1) is 23.4. The van der Waals surface area contributed by atoms with Gasteiger partial charge in [-0.1, -0.05) is 55.0 Å². The van der Waals surface area contributed by atoms with Crippen molar-refractivity contribution >= 4 is 12.2 Å². The zero-order valence-electron chi connectivity index (χ0n) is 19.9. The first-order valence-corrected chi connectivity index (χ1v) is 11.7. The molecule has 1 aliphatic rings. The Hall–Kier alpha value is -3.76. The maximum atomic E-state index is 12.4. The molecule has 1 aromatic heterocycles.